The van der Waals surface area contributed by atoms with Gasteiger partial charge in [0.05, 0.1) is 11.0 Å². The van der Waals surface area contributed by atoms with E-state index in [-0.39, 0.29) is 5.54 Å². The van der Waals surface area contributed by atoms with Gasteiger partial charge in [0.1, 0.15) is 5.82 Å². The number of fused-ring (bicyclic) bond motifs is 1. The molecular formula is C15H19N3. The van der Waals surface area contributed by atoms with Gasteiger partial charge in [-0.2, -0.15) is 0 Å². The Hall–Kier alpha value is -1.35. The van der Waals surface area contributed by atoms with Crippen LogP contribution in [0.15, 0.2) is 18.2 Å². The third kappa shape index (κ3) is 1.57. The van der Waals surface area contributed by atoms with E-state index in [9.17, 15) is 0 Å². The van der Waals surface area contributed by atoms with Crippen LogP contribution in [0.5, 0.6) is 0 Å². The Labute approximate surface area is 107 Å². The molecule has 3 heteroatoms. The summed E-state index contributed by atoms with van der Waals surface area (Å²) in [5.41, 5.74) is 9.71. The van der Waals surface area contributed by atoms with Gasteiger partial charge in [-0.1, -0.05) is 18.9 Å². The van der Waals surface area contributed by atoms with E-state index in [4.69, 9.17) is 10.7 Å². The van der Waals surface area contributed by atoms with E-state index in [1.807, 2.05) is 0 Å². The second-order valence-electron chi connectivity index (χ2n) is 5.99. The van der Waals surface area contributed by atoms with Crippen LogP contribution in [-0.2, 0) is 5.54 Å². The lowest BCUT2D eigenvalue weighted by Crippen LogP contribution is -2.18. The summed E-state index contributed by atoms with van der Waals surface area (Å²) in [5.74, 6) is 1.83. The lowest BCUT2D eigenvalue weighted by Gasteiger charge is -2.07. The lowest BCUT2D eigenvalue weighted by atomic mass is 10.1. The van der Waals surface area contributed by atoms with Crippen molar-refractivity contribution in [2.24, 2.45) is 5.73 Å². The average Bonchev–Trinajstić information content (AvgIpc) is 2.88. The lowest BCUT2D eigenvalue weighted by molar-refractivity contribution is 0.681. The molecule has 0 saturated heterocycles. The smallest absolute Gasteiger partial charge is 0.110 e. The fourth-order valence-corrected chi connectivity index (χ4v) is 3.15. The second kappa shape index (κ2) is 3.58. The molecule has 2 aromatic rings. The van der Waals surface area contributed by atoms with Gasteiger partial charge in [0.25, 0.3) is 0 Å². The highest BCUT2D eigenvalue weighted by molar-refractivity contribution is 5.76. The first-order valence-corrected chi connectivity index (χ1v) is 7.04. The largest absolute Gasteiger partial charge is 0.342 e. The van der Waals surface area contributed by atoms with Crippen LogP contribution in [0.25, 0.3) is 11.0 Å². The molecule has 2 fully saturated rings. The minimum atomic E-state index is -0.0488. The van der Waals surface area contributed by atoms with Crippen molar-refractivity contribution in [1.82, 2.24) is 9.97 Å². The Morgan fingerprint density at radius 2 is 2.00 bits per heavy atom. The molecule has 0 unspecified atom stereocenters. The van der Waals surface area contributed by atoms with E-state index < -0.39 is 0 Å². The van der Waals surface area contributed by atoms with Crippen molar-refractivity contribution < 1.29 is 0 Å². The van der Waals surface area contributed by atoms with Gasteiger partial charge in [-0.3, -0.25) is 0 Å². The van der Waals surface area contributed by atoms with E-state index >= 15 is 0 Å². The van der Waals surface area contributed by atoms with E-state index in [1.165, 1.54) is 37.1 Å². The van der Waals surface area contributed by atoms with Gasteiger partial charge in [-0.25, -0.2) is 4.98 Å². The number of benzene rings is 1. The summed E-state index contributed by atoms with van der Waals surface area (Å²) < 4.78 is 0. The predicted molar refractivity (Wildman–Crippen MR) is 72.4 cm³/mol. The summed E-state index contributed by atoms with van der Waals surface area (Å²) >= 11 is 0. The molecule has 2 aliphatic rings. The highest BCUT2D eigenvalue weighted by atomic mass is 14.9. The maximum absolute atomic E-state index is 6.25. The van der Waals surface area contributed by atoms with Crippen molar-refractivity contribution in [2.45, 2.75) is 50.0 Å². The number of H-pyrrole nitrogens is 1. The van der Waals surface area contributed by atoms with Crippen LogP contribution >= 0.6 is 0 Å². The highest BCUT2D eigenvalue weighted by Crippen LogP contribution is 2.43. The monoisotopic (exact) mass is 241 g/mol. The first-order valence-electron chi connectivity index (χ1n) is 7.04. The zero-order valence-corrected chi connectivity index (χ0v) is 10.6. The average molecular weight is 241 g/mol. The number of nitrogens with two attached hydrogens (primary N) is 1. The van der Waals surface area contributed by atoms with Crippen LogP contribution in [0.1, 0.15) is 55.8 Å². The number of hydrogen-bond acceptors (Lipinski definition) is 2. The number of aromatic nitrogens is 2. The molecule has 0 radical (unpaired) electrons. The van der Waals surface area contributed by atoms with Crippen molar-refractivity contribution in [3.05, 3.63) is 29.6 Å². The topological polar surface area (TPSA) is 54.7 Å². The van der Waals surface area contributed by atoms with Gasteiger partial charge in [0.15, 0.2) is 0 Å². The van der Waals surface area contributed by atoms with Crippen molar-refractivity contribution in [3.63, 3.8) is 0 Å². The Morgan fingerprint density at radius 3 is 2.72 bits per heavy atom. The summed E-state index contributed by atoms with van der Waals surface area (Å²) in [7, 11) is 0. The standard InChI is InChI=1S/C15H19N3/c16-15(7-8-15)11-5-6-12-13(9-11)18-14(17-12)10-3-1-2-4-10/h5-6,9-10H,1-4,7-8,16H2,(H,17,18). The fraction of sp³-hybridized carbons (Fsp3) is 0.533. The van der Waals surface area contributed by atoms with Crippen LogP contribution in [0, 0.1) is 0 Å². The summed E-state index contributed by atoms with van der Waals surface area (Å²) in [6.45, 7) is 0. The minimum absolute atomic E-state index is 0.0488. The first kappa shape index (κ1) is 10.6. The molecule has 94 valence electrons. The van der Waals surface area contributed by atoms with Gasteiger partial charge in [0, 0.05) is 11.5 Å². The molecule has 0 atom stereocenters. The molecule has 0 spiro atoms. The quantitative estimate of drug-likeness (QED) is 0.848. The van der Waals surface area contributed by atoms with Crippen molar-refractivity contribution in [3.8, 4) is 0 Å². The van der Waals surface area contributed by atoms with E-state index in [1.54, 1.807) is 0 Å². The van der Waals surface area contributed by atoms with Gasteiger partial charge in [-0.05, 0) is 43.4 Å². The molecule has 1 aromatic carbocycles. The number of hydrogen-bond donors (Lipinski definition) is 2. The fourth-order valence-electron chi connectivity index (χ4n) is 3.15. The number of rotatable bonds is 2. The molecule has 0 amide bonds. The zero-order chi connectivity index (χ0) is 12.2. The summed E-state index contributed by atoms with van der Waals surface area (Å²) in [4.78, 5) is 8.25. The van der Waals surface area contributed by atoms with Gasteiger partial charge in [0.2, 0.25) is 0 Å². The van der Waals surface area contributed by atoms with Gasteiger partial charge in [-0.15, -0.1) is 0 Å². The van der Waals surface area contributed by atoms with E-state index in [0.717, 1.165) is 23.9 Å². The molecule has 0 bridgehead atoms. The van der Waals surface area contributed by atoms with E-state index in [2.05, 4.69) is 23.2 Å². The molecule has 3 nitrogen and oxygen atoms in total. The highest BCUT2D eigenvalue weighted by Gasteiger charge is 2.40. The Balaban J connectivity index is 1.75. The molecule has 3 N–H and O–H groups in total. The zero-order valence-electron chi connectivity index (χ0n) is 10.6. The normalized spacial score (nSPS) is 22.7. The minimum Gasteiger partial charge on any atom is -0.342 e. The molecular weight excluding hydrogens is 222 g/mol. The molecule has 0 aliphatic heterocycles. The number of aromatic amines is 1. The molecule has 18 heavy (non-hydrogen) atoms. The summed E-state index contributed by atoms with van der Waals surface area (Å²) in [6.07, 6.45) is 7.49. The van der Waals surface area contributed by atoms with Crippen molar-refractivity contribution in [2.75, 3.05) is 0 Å². The van der Waals surface area contributed by atoms with E-state index in [0.29, 0.717) is 5.92 Å². The van der Waals surface area contributed by atoms with Gasteiger partial charge < -0.3 is 10.7 Å². The Bertz CT molecular complexity index is 589. The molecule has 1 aromatic heterocycles. The molecule has 4 rings (SSSR count). The SMILES string of the molecule is NC1(c2ccc3nc(C4CCCC4)[nH]c3c2)CC1. The number of nitrogens with zero attached hydrogens (tertiary/aromatic N) is 1. The maximum Gasteiger partial charge on any atom is 0.110 e. The van der Waals surface area contributed by atoms with Crippen LogP contribution < -0.4 is 5.73 Å². The van der Waals surface area contributed by atoms with Crippen LogP contribution in [0.2, 0.25) is 0 Å². The number of imidazole rings is 1. The first-order chi connectivity index (χ1) is 8.74. The second-order valence-corrected chi connectivity index (χ2v) is 5.99. The number of nitrogens with one attached hydrogen (secondary N) is 1. The van der Waals surface area contributed by atoms with Crippen LogP contribution in [0.3, 0.4) is 0 Å². The molecule has 1 heterocycles. The Morgan fingerprint density at radius 1 is 1.22 bits per heavy atom. The maximum atomic E-state index is 6.25. The predicted octanol–water partition coefficient (Wildman–Crippen LogP) is 3.17. The van der Waals surface area contributed by atoms with Crippen LogP contribution in [0.4, 0.5) is 0 Å². The van der Waals surface area contributed by atoms with Crippen molar-refractivity contribution in [1.29, 1.82) is 0 Å². The summed E-state index contributed by atoms with van der Waals surface area (Å²) in [6, 6.07) is 6.47. The van der Waals surface area contributed by atoms with Gasteiger partial charge >= 0.3 is 0 Å². The Kier molecular flexibility index (Phi) is 2.10. The van der Waals surface area contributed by atoms with Crippen LogP contribution in [-0.4, -0.2) is 9.97 Å². The molecule has 2 aliphatic carbocycles. The third-order valence-corrected chi connectivity index (χ3v) is 4.61. The van der Waals surface area contributed by atoms with Crippen molar-refractivity contribution >= 4 is 11.0 Å². The third-order valence-electron chi connectivity index (χ3n) is 4.61. The molecule has 2 saturated carbocycles. The summed E-state index contributed by atoms with van der Waals surface area (Å²) in [5, 5.41) is 0.